The third-order valence-electron chi connectivity index (χ3n) is 2.86. The van der Waals surface area contributed by atoms with Gasteiger partial charge in [-0.3, -0.25) is 0 Å². The smallest absolute Gasteiger partial charge is 0.336 e. The molecule has 0 atom stereocenters. The second-order valence-electron chi connectivity index (χ2n) is 4.04. The number of hydrogen-bond donors (Lipinski definition) is 1. The Hall–Kier alpha value is -2.29. The molecule has 0 fully saturated rings. The van der Waals surface area contributed by atoms with Gasteiger partial charge in [-0.1, -0.05) is 24.3 Å². The summed E-state index contributed by atoms with van der Waals surface area (Å²) in [6.45, 7) is 1.94. The number of benzene rings is 2. The number of aryl methyl sites for hydroxylation is 1. The molecule has 3 heteroatoms. The van der Waals surface area contributed by atoms with Gasteiger partial charge in [0.05, 0.1) is 12.7 Å². The van der Waals surface area contributed by atoms with Crippen LogP contribution in [-0.2, 0) is 0 Å². The van der Waals surface area contributed by atoms with Crippen LogP contribution in [0.5, 0.6) is 5.75 Å². The number of ether oxygens (including phenoxy) is 1. The molecular formula is C15H14O3. The summed E-state index contributed by atoms with van der Waals surface area (Å²) < 4.78 is 5.20. The maximum atomic E-state index is 11.2. The van der Waals surface area contributed by atoms with Crippen LogP contribution in [0.2, 0.25) is 0 Å². The molecule has 0 bridgehead atoms. The predicted octanol–water partition coefficient (Wildman–Crippen LogP) is 3.37. The van der Waals surface area contributed by atoms with Crippen LogP contribution < -0.4 is 4.74 Å². The summed E-state index contributed by atoms with van der Waals surface area (Å²) in [4.78, 5) is 11.2. The Bertz CT molecular complexity index is 588. The van der Waals surface area contributed by atoms with E-state index in [0.29, 0.717) is 5.56 Å². The molecule has 0 saturated carbocycles. The number of carboxylic acids is 1. The molecule has 0 aliphatic heterocycles. The minimum atomic E-state index is -0.918. The Morgan fingerprint density at radius 2 is 1.89 bits per heavy atom. The number of hydrogen-bond acceptors (Lipinski definition) is 2. The fourth-order valence-corrected chi connectivity index (χ4v) is 1.97. The van der Waals surface area contributed by atoms with Crippen LogP contribution in [0.4, 0.5) is 0 Å². The molecule has 92 valence electrons. The van der Waals surface area contributed by atoms with Crippen molar-refractivity contribution in [3.8, 4) is 16.9 Å². The van der Waals surface area contributed by atoms with Gasteiger partial charge in [0.2, 0.25) is 0 Å². The van der Waals surface area contributed by atoms with Gasteiger partial charge in [0.15, 0.2) is 0 Å². The molecule has 0 saturated heterocycles. The van der Waals surface area contributed by atoms with E-state index < -0.39 is 5.97 Å². The molecule has 3 nitrogen and oxygen atoms in total. The molecule has 2 aromatic carbocycles. The molecule has 0 aromatic heterocycles. The van der Waals surface area contributed by atoms with E-state index in [4.69, 9.17) is 4.74 Å². The molecule has 0 aliphatic carbocycles. The highest BCUT2D eigenvalue weighted by Crippen LogP contribution is 2.28. The molecule has 0 amide bonds. The summed E-state index contributed by atoms with van der Waals surface area (Å²) in [5.74, 6) is -0.120. The largest absolute Gasteiger partial charge is 0.496 e. The summed E-state index contributed by atoms with van der Waals surface area (Å²) in [5, 5.41) is 9.17. The summed E-state index contributed by atoms with van der Waals surface area (Å²) >= 11 is 0. The SMILES string of the molecule is COc1ccc(-c2ccccc2C(=O)O)cc1C. The van der Waals surface area contributed by atoms with Crippen LogP contribution in [0, 0.1) is 6.92 Å². The third-order valence-corrected chi connectivity index (χ3v) is 2.86. The van der Waals surface area contributed by atoms with Crippen LogP contribution in [0.25, 0.3) is 11.1 Å². The molecule has 2 rings (SSSR count). The van der Waals surface area contributed by atoms with Crippen LogP contribution in [0.1, 0.15) is 15.9 Å². The second-order valence-corrected chi connectivity index (χ2v) is 4.04. The first kappa shape index (κ1) is 12.2. The fraction of sp³-hybridized carbons (Fsp3) is 0.133. The van der Waals surface area contributed by atoms with Crippen molar-refractivity contribution in [2.75, 3.05) is 7.11 Å². The van der Waals surface area contributed by atoms with Gasteiger partial charge in [0.25, 0.3) is 0 Å². The number of rotatable bonds is 3. The molecule has 2 aromatic rings. The second kappa shape index (κ2) is 4.92. The zero-order valence-corrected chi connectivity index (χ0v) is 10.3. The lowest BCUT2D eigenvalue weighted by atomic mass is 9.98. The van der Waals surface area contributed by atoms with Gasteiger partial charge in [-0.15, -0.1) is 0 Å². The van der Waals surface area contributed by atoms with E-state index in [1.807, 2.05) is 37.3 Å². The van der Waals surface area contributed by atoms with E-state index in [0.717, 1.165) is 22.4 Å². The minimum absolute atomic E-state index is 0.307. The lowest BCUT2D eigenvalue weighted by molar-refractivity contribution is 0.0697. The first-order valence-corrected chi connectivity index (χ1v) is 5.61. The van der Waals surface area contributed by atoms with Gasteiger partial charge < -0.3 is 9.84 Å². The topological polar surface area (TPSA) is 46.5 Å². The maximum absolute atomic E-state index is 11.2. The summed E-state index contributed by atoms with van der Waals surface area (Å²) in [6.07, 6.45) is 0. The predicted molar refractivity (Wildman–Crippen MR) is 70.1 cm³/mol. The monoisotopic (exact) mass is 242 g/mol. The third kappa shape index (κ3) is 2.20. The van der Waals surface area contributed by atoms with Gasteiger partial charge in [0, 0.05) is 0 Å². The number of carboxylic acid groups (broad SMARTS) is 1. The Morgan fingerprint density at radius 3 is 2.50 bits per heavy atom. The number of methoxy groups -OCH3 is 1. The normalized spacial score (nSPS) is 10.1. The summed E-state index contributed by atoms with van der Waals surface area (Å²) in [5.41, 5.74) is 2.89. The van der Waals surface area contributed by atoms with E-state index in [2.05, 4.69) is 0 Å². The first-order valence-electron chi connectivity index (χ1n) is 5.61. The van der Waals surface area contributed by atoms with Crippen molar-refractivity contribution < 1.29 is 14.6 Å². The lowest BCUT2D eigenvalue weighted by Gasteiger charge is -2.09. The standard InChI is InChI=1S/C15H14O3/c1-10-9-11(7-8-14(10)18-2)12-5-3-4-6-13(12)15(16)17/h3-9H,1-2H3,(H,16,17). The van der Waals surface area contributed by atoms with E-state index >= 15 is 0 Å². The van der Waals surface area contributed by atoms with Crippen molar-refractivity contribution in [3.05, 3.63) is 53.6 Å². The highest BCUT2D eigenvalue weighted by Gasteiger charge is 2.11. The molecule has 0 spiro atoms. The molecule has 1 N–H and O–H groups in total. The Balaban J connectivity index is 2.55. The van der Waals surface area contributed by atoms with Crippen molar-refractivity contribution in [2.24, 2.45) is 0 Å². The van der Waals surface area contributed by atoms with E-state index in [1.165, 1.54) is 0 Å². The van der Waals surface area contributed by atoms with Crippen LogP contribution in [-0.4, -0.2) is 18.2 Å². The first-order chi connectivity index (χ1) is 8.63. The van der Waals surface area contributed by atoms with Crippen molar-refractivity contribution in [3.63, 3.8) is 0 Å². The zero-order valence-electron chi connectivity index (χ0n) is 10.3. The quantitative estimate of drug-likeness (QED) is 0.897. The van der Waals surface area contributed by atoms with Crippen LogP contribution in [0.15, 0.2) is 42.5 Å². The average Bonchev–Trinajstić information content (AvgIpc) is 2.38. The average molecular weight is 242 g/mol. The molecule has 0 heterocycles. The van der Waals surface area contributed by atoms with Crippen LogP contribution >= 0.6 is 0 Å². The summed E-state index contributed by atoms with van der Waals surface area (Å²) in [7, 11) is 1.62. The summed E-state index contributed by atoms with van der Waals surface area (Å²) in [6, 6.07) is 12.6. The van der Waals surface area contributed by atoms with E-state index in [9.17, 15) is 9.90 Å². The van der Waals surface area contributed by atoms with Crippen molar-refractivity contribution in [2.45, 2.75) is 6.92 Å². The van der Waals surface area contributed by atoms with Crippen molar-refractivity contribution in [1.29, 1.82) is 0 Å². The molecule has 0 unspecified atom stereocenters. The fourth-order valence-electron chi connectivity index (χ4n) is 1.97. The van der Waals surface area contributed by atoms with Gasteiger partial charge in [-0.05, 0) is 41.8 Å². The number of carbonyl (C=O) groups is 1. The lowest BCUT2D eigenvalue weighted by Crippen LogP contribution is -1.99. The zero-order chi connectivity index (χ0) is 13.1. The number of aromatic carboxylic acids is 1. The molecule has 0 radical (unpaired) electrons. The van der Waals surface area contributed by atoms with Crippen molar-refractivity contribution in [1.82, 2.24) is 0 Å². The highest BCUT2D eigenvalue weighted by molar-refractivity contribution is 5.96. The van der Waals surface area contributed by atoms with Gasteiger partial charge in [-0.2, -0.15) is 0 Å². The van der Waals surface area contributed by atoms with Gasteiger partial charge in [-0.25, -0.2) is 4.79 Å². The van der Waals surface area contributed by atoms with Crippen molar-refractivity contribution >= 4 is 5.97 Å². The Morgan fingerprint density at radius 1 is 1.17 bits per heavy atom. The van der Waals surface area contributed by atoms with Gasteiger partial charge >= 0.3 is 5.97 Å². The minimum Gasteiger partial charge on any atom is -0.496 e. The van der Waals surface area contributed by atoms with Gasteiger partial charge in [0.1, 0.15) is 5.75 Å². The maximum Gasteiger partial charge on any atom is 0.336 e. The Labute approximate surface area is 106 Å². The Kier molecular flexibility index (Phi) is 3.33. The molecule has 0 aliphatic rings. The van der Waals surface area contributed by atoms with Crippen LogP contribution in [0.3, 0.4) is 0 Å². The van der Waals surface area contributed by atoms with E-state index in [-0.39, 0.29) is 0 Å². The highest BCUT2D eigenvalue weighted by atomic mass is 16.5. The van der Waals surface area contributed by atoms with E-state index in [1.54, 1.807) is 19.2 Å². The molecule has 18 heavy (non-hydrogen) atoms. The molecular weight excluding hydrogens is 228 g/mol.